The van der Waals surface area contributed by atoms with E-state index in [4.69, 9.17) is 4.74 Å². The Morgan fingerprint density at radius 1 is 1.50 bits per heavy atom. The molecule has 0 amide bonds. The van der Waals surface area contributed by atoms with E-state index < -0.39 is 18.1 Å². The average Bonchev–Trinajstić information content (AvgIpc) is 2.33. The van der Waals surface area contributed by atoms with E-state index in [9.17, 15) is 18.0 Å². The molecule has 1 aromatic rings. The van der Waals surface area contributed by atoms with Crippen LogP contribution in [0.3, 0.4) is 0 Å². The Balaban J connectivity index is 3.11. The van der Waals surface area contributed by atoms with Gasteiger partial charge in [-0.1, -0.05) is 15.9 Å². The fraction of sp³-hybridized carbons (Fsp3) is 0.455. The van der Waals surface area contributed by atoms with Crippen LogP contribution in [0.4, 0.5) is 13.2 Å². The molecule has 0 spiro atoms. The number of esters is 1. The zero-order valence-corrected chi connectivity index (χ0v) is 14.0. The van der Waals surface area contributed by atoms with Crippen LogP contribution in [0.2, 0.25) is 0 Å². The largest absolute Gasteiger partial charge is 0.573 e. The molecule has 9 heteroatoms. The summed E-state index contributed by atoms with van der Waals surface area (Å²) in [5, 5.41) is 0.105. The molecule has 0 aliphatic heterocycles. The number of carbonyl (C=O) groups is 1. The summed E-state index contributed by atoms with van der Waals surface area (Å²) in [6.45, 7) is 1.85. The van der Waals surface area contributed by atoms with Crippen LogP contribution >= 0.6 is 38.5 Å². The van der Waals surface area contributed by atoms with Gasteiger partial charge in [-0.3, -0.25) is 9.78 Å². The molecule has 1 rings (SSSR count). The molecule has 0 N–H and O–H groups in total. The van der Waals surface area contributed by atoms with Crippen LogP contribution < -0.4 is 4.74 Å². The maximum absolute atomic E-state index is 12.4. The van der Waals surface area contributed by atoms with E-state index in [1.807, 2.05) is 0 Å². The number of ether oxygens (including phenoxy) is 2. The molecule has 0 saturated carbocycles. The van der Waals surface area contributed by atoms with Crippen LogP contribution in [0.25, 0.3) is 0 Å². The van der Waals surface area contributed by atoms with Gasteiger partial charge in [0.2, 0.25) is 0 Å². The summed E-state index contributed by atoms with van der Waals surface area (Å²) < 4.78 is 46.1. The van der Waals surface area contributed by atoms with Crippen molar-refractivity contribution in [2.24, 2.45) is 0 Å². The Labute approximate surface area is 135 Å². The Hall–Kier alpha value is -0.580. The van der Waals surface area contributed by atoms with Crippen LogP contribution in [0.5, 0.6) is 5.75 Å². The number of hydrogen-bond acceptors (Lipinski definition) is 4. The number of alkyl halides is 4. The first kappa shape index (κ1) is 17.5. The fourth-order valence-electron chi connectivity index (χ4n) is 1.35. The highest BCUT2D eigenvalue weighted by Crippen LogP contribution is 2.33. The van der Waals surface area contributed by atoms with Crippen LogP contribution in [0.15, 0.2) is 6.20 Å². The molecular formula is C11H10BrF3INO3. The number of pyridine rings is 1. The SMILES string of the molecule is CCOC(=O)Cc1cnc(CBr)c(OC(F)(F)F)c1I. The standard InChI is InChI=1S/C11H10BrF3INO3/c1-2-19-8(18)3-6-5-17-7(4-12)10(9(6)16)20-11(13,14)15/h5H,2-4H2,1H3. The van der Waals surface area contributed by atoms with E-state index >= 15 is 0 Å². The highest BCUT2D eigenvalue weighted by molar-refractivity contribution is 14.1. The van der Waals surface area contributed by atoms with Gasteiger partial charge in [0.05, 0.1) is 22.3 Å². The monoisotopic (exact) mass is 467 g/mol. The lowest BCUT2D eigenvalue weighted by atomic mass is 10.2. The van der Waals surface area contributed by atoms with E-state index in [1.54, 1.807) is 29.5 Å². The summed E-state index contributed by atoms with van der Waals surface area (Å²) in [6, 6.07) is 0. The molecule has 20 heavy (non-hydrogen) atoms. The predicted octanol–water partition coefficient (Wildman–Crippen LogP) is 3.59. The molecule has 0 atom stereocenters. The Kier molecular flexibility index (Phi) is 6.49. The van der Waals surface area contributed by atoms with Crippen molar-refractivity contribution in [3.63, 3.8) is 0 Å². The van der Waals surface area contributed by atoms with E-state index in [0.717, 1.165) is 0 Å². The van der Waals surface area contributed by atoms with Crippen molar-refractivity contribution in [3.8, 4) is 5.75 Å². The van der Waals surface area contributed by atoms with Crippen molar-refractivity contribution in [3.05, 3.63) is 21.0 Å². The quantitative estimate of drug-likeness (QED) is 0.377. The van der Waals surface area contributed by atoms with Crippen molar-refractivity contribution >= 4 is 44.5 Å². The number of carbonyl (C=O) groups excluding carboxylic acids is 1. The van der Waals surface area contributed by atoms with Crippen molar-refractivity contribution in [2.45, 2.75) is 25.0 Å². The fourth-order valence-corrected chi connectivity index (χ4v) is 2.50. The summed E-state index contributed by atoms with van der Waals surface area (Å²) in [6.07, 6.45) is -3.63. The third kappa shape index (κ3) is 5.08. The second-order valence-corrected chi connectivity index (χ2v) is 5.18. The highest BCUT2D eigenvalue weighted by atomic mass is 127. The number of halogens is 5. The molecule has 4 nitrogen and oxygen atoms in total. The molecule has 112 valence electrons. The van der Waals surface area contributed by atoms with Gasteiger partial charge in [-0.25, -0.2) is 0 Å². The Morgan fingerprint density at radius 3 is 2.65 bits per heavy atom. The van der Waals surface area contributed by atoms with Crippen LogP contribution in [-0.2, 0) is 21.3 Å². The topological polar surface area (TPSA) is 48.4 Å². The van der Waals surface area contributed by atoms with Gasteiger partial charge in [0.1, 0.15) is 0 Å². The lowest BCUT2D eigenvalue weighted by molar-refractivity contribution is -0.275. The summed E-state index contributed by atoms with van der Waals surface area (Å²) in [5.74, 6) is -0.923. The maximum Gasteiger partial charge on any atom is 0.573 e. The molecule has 0 aromatic carbocycles. The molecule has 0 aliphatic rings. The third-order valence-electron chi connectivity index (χ3n) is 2.10. The van der Waals surface area contributed by atoms with Crippen molar-refractivity contribution in [1.29, 1.82) is 0 Å². The predicted molar refractivity (Wildman–Crippen MR) is 76.6 cm³/mol. The van der Waals surface area contributed by atoms with Crippen LogP contribution in [0, 0.1) is 3.57 Å². The van der Waals surface area contributed by atoms with E-state index in [1.165, 1.54) is 6.20 Å². The number of aromatic nitrogens is 1. The van der Waals surface area contributed by atoms with Crippen LogP contribution in [-0.4, -0.2) is 23.9 Å². The van der Waals surface area contributed by atoms with Gasteiger partial charge in [-0.15, -0.1) is 13.2 Å². The summed E-state index contributed by atoms with van der Waals surface area (Å²) in [7, 11) is 0. The normalized spacial score (nSPS) is 11.3. The lowest BCUT2D eigenvalue weighted by Gasteiger charge is -2.15. The summed E-state index contributed by atoms with van der Waals surface area (Å²) in [5.41, 5.74) is 0.437. The van der Waals surface area contributed by atoms with Gasteiger partial charge in [0.25, 0.3) is 0 Å². The number of hydrogen-bond donors (Lipinski definition) is 0. The first-order valence-electron chi connectivity index (χ1n) is 5.42. The second kappa shape index (κ2) is 7.43. The molecule has 0 fully saturated rings. The first-order chi connectivity index (χ1) is 9.28. The lowest BCUT2D eigenvalue weighted by Crippen LogP contribution is -2.20. The minimum absolute atomic E-state index is 0.105. The van der Waals surface area contributed by atoms with Gasteiger partial charge in [-0.05, 0) is 35.1 Å². The molecule has 0 bridgehead atoms. The summed E-state index contributed by atoms with van der Waals surface area (Å²) in [4.78, 5) is 15.3. The first-order valence-corrected chi connectivity index (χ1v) is 7.62. The van der Waals surface area contributed by atoms with E-state index in [2.05, 4.69) is 25.7 Å². The molecule has 0 unspecified atom stereocenters. The van der Waals surface area contributed by atoms with Gasteiger partial charge in [0, 0.05) is 11.5 Å². The maximum atomic E-state index is 12.4. The minimum Gasteiger partial charge on any atom is -0.466 e. The van der Waals surface area contributed by atoms with Crippen molar-refractivity contribution in [1.82, 2.24) is 4.98 Å². The molecule has 1 heterocycles. The molecule has 0 saturated heterocycles. The summed E-state index contributed by atoms with van der Waals surface area (Å²) >= 11 is 4.74. The number of rotatable bonds is 5. The molecule has 0 aliphatic carbocycles. The van der Waals surface area contributed by atoms with Gasteiger partial charge < -0.3 is 9.47 Å². The number of nitrogens with zero attached hydrogens (tertiary/aromatic N) is 1. The van der Waals surface area contributed by atoms with Gasteiger partial charge in [0.15, 0.2) is 5.75 Å². The smallest absolute Gasteiger partial charge is 0.466 e. The van der Waals surface area contributed by atoms with E-state index in [0.29, 0.717) is 5.56 Å². The van der Waals surface area contributed by atoms with Gasteiger partial charge in [-0.2, -0.15) is 0 Å². The van der Waals surface area contributed by atoms with Gasteiger partial charge >= 0.3 is 12.3 Å². The second-order valence-electron chi connectivity index (χ2n) is 3.54. The van der Waals surface area contributed by atoms with E-state index in [-0.39, 0.29) is 27.6 Å². The highest BCUT2D eigenvalue weighted by Gasteiger charge is 2.34. The van der Waals surface area contributed by atoms with Crippen molar-refractivity contribution < 1.29 is 27.4 Å². The molecule has 1 aromatic heterocycles. The Morgan fingerprint density at radius 2 is 2.15 bits per heavy atom. The van der Waals surface area contributed by atoms with Crippen LogP contribution in [0.1, 0.15) is 18.2 Å². The Bertz CT molecular complexity index is 497. The molecule has 0 radical (unpaired) electrons. The zero-order chi connectivity index (χ0) is 15.3. The third-order valence-corrected chi connectivity index (χ3v) is 3.82. The zero-order valence-electron chi connectivity index (χ0n) is 10.3. The molecular weight excluding hydrogens is 458 g/mol. The average molecular weight is 468 g/mol. The minimum atomic E-state index is -4.82. The van der Waals surface area contributed by atoms with Crippen molar-refractivity contribution in [2.75, 3.05) is 6.61 Å².